The van der Waals surface area contributed by atoms with Crippen LogP contribution in [-0.4, -0.2) is 55.7 Å². The SMILES string of the molecule is CCOC(=O)c1cnn(C)c1NC(=O)CN(Cc1nc2ccccc2c(=O)[nH]1)C(C)C. The normalized spacial score (nSPS) is 11.3. The number of carbonyl (C=O) groups is 2. The van der Waals surface area contributed by atoms with E-state index in [1.165, 1.54) is 10.9 Å². The molecule has 2 aromatic heterocycles. The molecule has 31 heavy (non-hydrogen) atoms. The van der Waals surface area contributed by atoms with Gasteiger partial charge in [-0.15, -0.1) is 0 Å². The van der Waals surface area contributed by atoms with Crippen LogP contribution in [0.5, 0.6) is 0 Å². The molecule has 0 radical (unpaired) electrons. The van der Waals surface area contributed by atoms with E-state index in [4.69, 9.17) is 4.74 Å². The number of benzene rings is 1. The molecule has 164 valence electrons. The minimum Gasteiger partial charge on any atom is -0.462 e. The van der Waals surface area contributed by atoms with Crippen LogP contribution < -0.4 is 10.9 Å². The number of rotatable bonds is 8. The fraction of sp³-hybridized carbons (Fsp3) is 0.381. The van der Waals surface area contributed by atoms with Gasteiger partial charge in [0.15, 0.2) is 0 Å². The van der Waals surface area contributed by atoms with Gasteiger partial charge in [0.1, 0.15) is 17.2 Å². The number of aromatic nitrogens is 4. The zero-order valence-corrected chi connectivity index (χ0v) is 18.0. The lowest BCUT2D eigenvalue weighted by molar-refractivity contribution is -0.117. The van der Waals surface area contributed by atoms with E-state index in [1.807, 2.05) is 24.8 Å². The first kappa shape index (κ1) is 22.2. The highest BCUT2D eigenvalue weighted by molar-refractivity contribution is 6.00. The second-order valence-corrected chi connectivity index (χ2v) is 7.33. The fourth-order valence-corrected chi connectivity index (χ4v) is 3.12. The van der Waals surface area contributed by atoms with Gasteiger partial charge in [0.05, 0.1) is 36.8 Å². The summed E-state index contributed by atoms with van der Waals surface area (Å²) in [5.41, 5.74) is 0.570. The molecule has 3 rings (SSSR count). The number of nitrogens with zero attached hydrogens (tertiary/aromatic N) is 4. The quantitative estimate of drug-likeness (QED) is 0.526. The largest absolute Gasteiger partial charge is 0.462 e. The Morgan fingerprint density at radius 2 is 2.03 bits per heavy atom. The van der Waals surface area contributed by atoms with E-state index in [2.05, 4.69) is 20.4 Å². The van der Waals surface area contributed by atoms with Gasteiger partial charge in [-0.05, 0) is 32.9 Å². The highest BCUT2D eigenvalue weighted by Crippen LogP contribution is 2.16. The highest BCUT2D eigenvalue weighted by atomic mass is 16.5. The Bertz CT molecular complexity index is 1150. The van der Waals surface area contributed by atoms with Crippen molar-refractivity contribution in [3.63, 3.8) is 0 Å². The van der Waals surface area contributed by atoms with Crippen molar-refractivity contribution in [1.29, 1.82) is 0 Å². The molecule has 2 N–H and O–H groups in total. The van der Waals surface area contributed by atoms with Gasteiger partial charge in [-0.1, -0.05) is 12.1 Å². The lowest BCUT2D eigenvalue weighted by Gasteiger charge is -2.25. The first-order valence-electron chi connectivity index (χ1n) is 10.0. The molecule has 0 aliphatic carbocycles. The van der Waals surface area contributed by atoms with E-state index in [0.29, 0.717) is 16.7 Å². The van der Waals surface area contributed by atoms with Crippen LogP contribution in [0.25, 0.3) is 10.9 Å². The Labute approximate surface area is 179 Å². The third-order valence-electron chi connectivity index (χ3n) is 4.78. The van der Waals surface area contributed by atoms with Gasteiger partial charge in [-0.25, -0.2) is 9.78 Å². The molecule has 10 heteroatoms. The number of hydrogen-bond acceptors (Lipinski definition) is 7. The van der Waals surface area contributed by atoms with Crippen molar-refractivity contribution in [3.05, 3.63) is 52.2 Å². The van der Waals surface area contributed by atoms with Crippen molar-refractivity contribution in [2.24, 2.45) is 7.05 Å². The van der Waals surface area contributed by atoms with Crippen molar-refractivity contribution in [2.45, 2.75) is 33.4 Å². The number of hydrogen-bond donors (Lipinski definition) is 2. The van der Waals surface area contributed by atoms with E-state index in [-0.39, 0.29) is 48.6 Å². The summed E-state index contributed by atoms with van der Waals surface area (Å²) in [6, 6.07) is 7.10. The van der Waals surface area contributed by atoms with Crippen LogP contribution in [0.4, 0.5) is 5.82 Å². The summed E-state index contributed by atoms with van der Waals surface area (Å²) in [4.78, 5) is 46.3. The van der Waals surface area contributed by atoms with Gasteiger partial charge in [-0.3, -0.25) is 19.2 Å². The summed E-state index contributed by atoms with van der Waals surface area (Å²) in [5, 5.41) is 7.28. The number of H-pyrrole nitrogens is 1. The topological polar surface area (TPSA) is 122 Å². The Morgan fingerprint density at radius 1 is 1.29 bits per heavy atom. The summed E-state index contributed by atoms with van der Waals surface area (Å²) in [7, 11) is 1.63. The number of nitrogens with one attached hydrogen (secondary N) is 2. The number of esters is 1. The van der Waals surface area contributed by atoms with Crippen molar-refractivity contribution in [1.82, 2.24) is 24.6 Å². The van der Waals surface area contributed by atoms with E-state index < -0.39 is 5.97 Å². The minimum atomic E-state index is -0.551. The minimum absolute atomic E-state index is 0.00131. The summed E-state index contributed by atoms with van der Waals surface area (Å²) >= 11 is 0. The maximum atomic E-state index is 12.7. The molecule has 3 aromatic rings. The Hall–Kier alpha value is -3.53. The third kappa shape index (κ3) is 5.15. The monoisotopic (exact) mass is 426 g/mol. The lowest BCUT2D eigenvalue weighted by atomic mass is 10.2. The highest BCUT2D eigenvalue weighted by Gasteiger charge is 2.21. The van der Waals surface area contributed by atoms with Crippen molar-refractivity contribution >= 4 is 28.6 Å². The number of aryl methyl sites for hydroxylation is 1. The van der Waals surface area contributed by atoms with Gasteiger partial charge in [0.25, 0.3) is 5.56 Å². The second kappa shape index (κ2) is 9.52. The predicted octanol–water partition coefficient (Wildman–Crippen LogP) is 1.68. The third-order valence-corrected chi connectivity index (χ3v) is 4.78. The Morgan fingerprint density at radius 3 is 2.74 bits per heavy atom. The maximum Gasteiger partial charge on any atom is 0.343 e. The van der Waals surface area contributed by atoms with Gasteiger partial charge in [0, 0.05) is 13.1 Å². The first-order chi connectivity index (χ1) is 14.8. The number of para-hydroxylation sites is 1. The molecule has 0 saturated carbocycles. The van der Waals surface area contributed by atoms with Crippen LogP contribution in [0.3, 0.4) is 0 Å². The summed E-state index contributed by atoms with van der Waals surface area (Å²) < 4.78 is 6.42. The molecule has 1 amide bonds. The van der Waals surface area contributed by atoms with Crippen LogP contribution >= 0.6 is 0 Å². The molecule has 0 saturated heterocycles. The summed E-state index contributed by atoms with van der Waals surface area (Å²) in [5.74, 6) is -0.141. The number of amides is 1. The molecule has 0 bridgehead atoms. The number of carbonyl (C=O) groups excluding carboxylic acids is 2. The van der Waals surface area contributed by atoms with Gasteiger partial charge < -0.3 is 15.0 Å². The van der Waals surface area contributed by atoms with Gasteiger partial charge in [0.2, 0.25) is 5.91 Å². The van der Waals surface area contributed by atoms with Crippen LogP contribution in [0.15, 0.2) is 35.3 Å². The van der Waals surface area contributed by atoms with Crippen LogP contribution in [0, 0.1) is 0 Å². The molecule has 1 aromatic carbocycles. The number of ether oxygens (including phenoxy) is 1. The van der Waals surface area contributed by atoms with Crippen molar-refractivity contribution in [3.8, 4) is 0 Å². The van der Waals surface area contributed by atoms with Crippen LogP contribution in [0.2, 0.25) is 0 Å². The average Bonchev–Trinajstić information content (AvgIpc) is 3.08. The standard InChI is InChI=1S/C21H26N6O4/c1-5-31-21(30)15-10-22-26(4)19(15)25-18(28)12-27(13(2)3)11-17-23-16-9-7-6-8-14(16)20(29)24-17/h6-10,13H,5,11-12H2,1-4H3,(H,25,28)(H,23,24,29). The second-order valence-electron chi connectivity index (χ2n) is 7.33. The number of anilines is 1. The fourth-order valence-electron chi connectivity index (χ4n) is 3.12. The molecule has 2 heterocycles. The summed E-state index contributed by atoms with van der Waals surface area (Å²) in [6.45, 7) is 6.13. The summed E-state index contributed by atoms with van der Waals surface area (Å²) in [6.07, 6.45) is 1.36. The number of aromatic amines is 1. The maximum absolute atomic E-state index is 12.7. The van der Waals surface area contributed by atoms with Crippen LogP contribution in [0.1, 0.15) is 37.0 Å². The van der Waals surface area contributed by atoms with E-state index >= 15 is 0 Å². The lowest BCUT2D eigenvalue weighted by Crippen LogP contribution is -2.38. The van der Waals surface area contributed by atoms with Crippen molar-refractivity contribution < 1.29 is 14.3 Å². The first-order valence-corrected chi connectivity index (χ1v) is 10.0. The van der Waals surface area contributed by atoms with E-state index in [1.54, 1.807) is 32.2 Å². The zero-order valence-electron chi connectivity index (χ0n) is 18.0. The molecule has 0 spiro atoms. The van der Waals surface area contributed by atoms with Gasteiger partial charge >= 0.3 is 5.97 Å². The van der Waals surface area contributed by atoms with Crippen molar-refractivity contribution in [2.75, 3.05) is 18.5 Å². The van der Waals surface area contributed by atoms with E-state index in [0.717, 1.165) is 0 Å². The zero-order chi connectivity index (χ0) is 22.5. The molecule has 0 fully saturated rings. The molecular weight excluding hydrogens is 400 g/mol. The van der Waals surface area contributed by atoms with Gasteiger partial charge in [-0.2, -0.15) is 5.10 Å². The molecule has 0 aliphatic heterocycles. The molecular formula is C21H26N6O4. The van der Waals surface area contributed by atoms with Crippen LogP contribution in [-0.2, 0) is 23.1 Å². The Balaban J connectivity index is 1.76. The molecule has 0 atom stereocenters. The molecule has 0 aliphatic rings. The predicted molar refractivity (Wildman–Crippen MR) is 116 cm³/mol. The number of fused-ring (bicyclic) bond motifs is 1. The molecule has 10 nitrogen and oxygen atoms in total. The average molecular weight is 426 g/mol. The molecule has 0 unspecified atom stereocenters. The van der Waals surface area contributed by atoms with E-state index in [9.17, 15) is 14.4 Å². The Kier molecular flexibility index (Phi) is 6.81. The smallest absolute Gasteiger partial charge is 0.343 e.